The highest BCUT2D eigenvalue weighted by Crippen LogP contribution is 2.22. The summed E-state index contributed by atoms with van der Waals surface area (Å²) in [6, 6.07) is 5.74. The highest BCUT2D eigenvalue weighted by Gasteiger charge is 2.17. The van der Waals surface area contributed by atoms with Gasteiger partial charge in [-0.1, -0.05) is 13.0 Å². The Morgan fingerprint density at radius 3 is 2.28 bits per heavy atom. The maximum Gasteiger partial charge on any atom is 0.279 e. The lowest BCUT2D eigenvalue weighted by atomic mass is 10.1. The van der Waals surface area contributed by atoms with Crippen LogP contribution in [0.2, 0.25) is 0 Å². The number of primary sulfonamides is 1. The average Bonchev–Trinajstić information content (AvgIpc) is 2.92. The number of carbonyl (C=O) groups excluding carboxylic acids is 2. The molecule has 4 N–H and O–H groups in total. The Balaban J connectivity index is 2.13. The summed E-state index contributed by atoms with van der Waals surface area (Å²) in [4.78, 5) is 25.8. The van der Waals surface area contributed by atoms with E-state index in [0.29, 0.717) is 10.4 Å². The van der Waals surface area contributed by atoms with Crippen LogP contribution in [0.25, 0.3) is 0 Å². The predicted molar refractivity (Wildman–Crippen MR) is 95.9 cm³/mol. The van der Waals surface area contributed by atoms with E-state index in [1.165, 1.54) is 29.5 Å². The average molecular weight is 381 g/mol. The molecule has 1 aromatic carbocycles. The van der Waals surface area contributed by atoms with E-state index in [0.717, 1.165) is 16.9 Å². The fourth-order valence-corrected chi connectivity index (χ4v) is 3.80. The first-order valence-corrected chi connectivity index (χ1v) is 9.83. The molecule has 0 aliphatic rings. The van der Waals surface area contributed by atoms with Crippen LogP contribution in [0.5, 0.6) is 0 Å². The van der Waals surface area contributed by atoms with Crippen molar-refractivity contribution in [2.75, 3.05) is 0 Å². The van der Waals surface area contributed by atoms with Crippen LogP contribution in [-0.2, 0) is 16.4 Å². The van der Waals surface area contributed by atoms with Crippen molar-refractivity contribution >= 4 is 33.2 Å². The third kappa shape index (κ3) is 4.44. The van der Waals surface area contributed by atoms with E-state index in [-0.39, 0.29) is 10.5 Å². The van der Waals surface area contributed by atoms with Crippen LogP contribution >= 0.6 is 11.3 Å². The summed E-state index contributed by atoms with van der Waals surface area (Å²) < 4.78 is 22.8. The van der Waals surface area contributed by atoms with E-state index in [2.05, 4.69) is 10.9 Å². The van der Waals surface area contributed by atoms with E-state index in [1.54, 1.807) is 13.0 Å². The standard InChI is InChI=1S/C16H19N3O4S2/c1-4-13-10(3)7-14(24-13)16(21)19-18-15(20)12-8-11(25(17,22)23)6-5-9(12)2/h5-8H,4H2,1-3H3,(H,18,20)(H,19,21)(H2,17,22,23). The molecule has 2 amide bonds. The van der Waals surface area contributed by atoms with Gasteiger partial charge in [-0.3, -0.25) is 20.4 Å². The van der Waals surface area contributed by atoms with Gasteiger partial charge in [-0.25, -0.2) is 13.6 Å². The number of hydrazine groups is 1. The van der Waals surface area contributed by atoms with Crippen molar-refractivity contribution in [3.8, 4) is 0 Å². The number of carbonyl (C=O) groups is 2. The zero-order valence-corrected chi connectivity index (χ0v) is 15.7. The number of sulfonamides is 1. The molecule has 1 aromatic heterocycles. The van der Waals surface area contributed by atoms with Gasteiger partial charge in [-0.05, 0) is 49.6 Å². The summed E-state index contributed by atoms with van der Waals surface area (Å²) in [6.45, 7) is 5.58. The summed E-state index contributed by atoms with van der Waals surface area (Å²) in [7, 11) is -3.92. The molecule has 0 aliphatic heterocycles. The van der Waals surface area contributed by atoms with Gasteiger partial charge < -0.3 is 0 Å². The minimum Gasteiger partial charge on any atom is -0.267 e. The van der Waals surface area contributed by atoms with Crippen molar-refractivity contribution in [3.05, 3.63) is 50.7 Å². The molecule has 0 aliphatic carbocycles. The Kier molecular flexibility index (Phi) is 5.61. The van der Waals surface area contributed by atoms with Crippen molar-refractivity contribution in [2.24, 2.45) is 5.14 Å². The SMILES string of the molecule is CCc1sc(C(=O)NNC(=O)c2cc(S(N)(=O)=O)ccc2C)cc1C. The van der Waals surface area contributed by atoms with E-state index >= 15 is 0 Å². The van der Waals surface area contributed by atoms with Crippen LogP contribution in [0.3, 0.4) is 0 Å². The van der Waals surface area contributed by atoms with Crippen molar-refractivity contribution in [2.45, 2.75) is 32.1 Å². The molecule has 0 atom stereocenters. The topological polar surface area (TPSA) is 118 Å². The van der Waals surface area contributed by atoms with Crippen LogP contribution in [0.1, 0.15) is 43.0 Å². The van der Waals surface area contributed by atoms with Crippen LogP contribution in [0.15, 0.2) is 29.2 Å². The maximum absolute atomic E-state index is 12.3. The fourth-order valence-electron chi connectivity index (χ4n) is 2.25. The molecule has 0 bridgehead atoms. The predicted octanol–water partition coefficient (Wildman–Crippen LogP) is 1.65. The van der Waals surface area contributed by atoms with E-state index in [9.17, 15) is 18.0 Å². The number of amides is 2. The summed E-state index contributed by atoms with van der Waals surface area (Å²) in [5, 5.41) is 5.08. The largest absolute Gasteiger partial charge is 0.279 e. The second-order valence-electron chi connectivity index (χ2n) is 5.50. The van der Waals surface area contributed by atoms with Crippen molar-refractivity contribution < 1.29 is 18.0 Å². The van der Waals surface area contributed by atoms with E-state index in [4.69, 9.17) is 5.14 Å². The number of nitrogens with two attached hydrogens (primary N) is 1. The number of nitrogens with one attached hydrogen (secondary N) is 2. The Labute approximate surface area is 150 Å². The third-order valence-corrected chi connectivity index (χ3v) is 5.93. The molecule has 0 saturated carbocycles. The van der Waals surface area contributed by atoms with Crippen molar-refractivity contribution in [1.29, 1.82) is 0 Å². The molecule has 134 valence electrons. The number of hydrogen-bond acceptors (Lipinski definition) is 5. The molecule has 0 radical (unpaired) electrons. The lowest BCUT2D eigenvalue weighted by Gasteiger charge is -2.09. The zero-order chi connectivity index (χ0) is 18.8. The lowest BCUT2D eigenvalue weighted by molar-refractivity contribution is 0.0848. The number of benzene rings is 1. The summed E-state index contributed by atoms with van der Waals surface area (Å²) in [5.41, 5.74) is 6.33. The maximum atomic E-state index is 12.3. The Morgan fingerprint density at radius 1 is 1.08 bits per heavy atom. The summed E-state index contributed by atoms with van der Waals surface area (Å²) >= 11 is 1.36. The molecule has 0 saturated heterocycles. The lowest BCUT2D eigenvalue weighted by Crippen LogP contribution is -2.41. The van der Waals surface area contributed by atoms with Gasteiger partial charge in [0.2, 0.25) is 10.0 Å². The molecule has 0 fully saturated rings. The van der Waals surface area contributed by atoms with Crippen LogP contribution in [0, 0.1) is 13.8 Å². The van der Waals surface area contributed by atoms with Gasteiger partial charge in [0.05, 0.1) is 9.77 Å². The molecule has 1 heterocycles. The molecule has 0 spiro atoms. The molecular formula is C16H19N3O4S2. The normalized spacial score (nSPS) is 11.2. The highest BCUT2D eigenvalue weighted by molar-refractivity contribution is 7.89. The molecule has 2 aromatic rings. The van der Waals surface area contributed by atoms with Gasteiger partial charge >= 0.3 is 0 Å². The van der Waals surface area contributed by atoms with Crippen LogP contribution in [-0.4, -0.2) is 20.2 Å². The Hall–Kier alpha value is -2.23. The van der Waals surface area contributed by atoms with Gasteiger partial charge in [0, 0.05) is 10.4 Å². The zero-order valence-electron chi connectivity index (χ0n) is 14.0. The molecular weight excluding hydrogens is 362 g/mol. The van der Waals surface area contributed by atoms with E-state index < -0.39 is 21.8 Å². The minimum absolute atomic E-state index is 0.114. The Morgan fingerprint density at radius 2 is 1.72 bits per heavy atom. The summed E-state index contributed by atoms with van der Waals surface area (Å²) in [6.07, 6.45) is 0.829. The highest BCUT2D eigenvalue weighted by atomic mass is 32.2. The first-order chi connectivity index (χ1) is 11.6. The minimum atomic E-state index is -3.92. The molecule has 25 heavy (non-hydrogen) atoms. The van der Waals surface area contributed by atoms with Gasteiger partial charge in [-0.2, -0.15) is 0 Å². The number of thiophene rings is 1. The van der Waals surface area contributed by atoms with Gasteiger partial charge in [0.1, 0.15) is 0 Å². The molecule has 7 nitrogen and oxygen atoms in total. The monoisotopic (exact) mass is 381 g/mol. The third-order valence-electron chi connectivity index (χ3n) is 3.64. The quantitative estimate of drug-likeness (QED) is 0.698. The number of rotatable bonds is 4. The first kappa shape index (κ1) is 19.1. The summed E-state index contributed by atoms with van der Waals surface area (Å²) in [5.74, 6) is -1.05. The fraction of sp³-hybridized carbons (Fsp3) is 0.250. The van der Waals surface area contributed by atoms with Crippen molar-refractivity contribution in [1.82, 2.24) is 10.9 Å². The van der Waals surface area contributed by atoms with Gasteiger partial charge in [-0.15, -0.1) is 11.3 Å². The van der Waals surface area contributed by atoms with Crippen molar-refractivity contribution in [3.63, 3.8) is 0 Å². The molecule has 9 heteroatoms. The number of aryl methyl sites for hydroxylation is 3. The van der Waals surface area contributed by atoms with Crippen LogP contribution in [0.4, 0.5) is 0 Å². The van der Waals surface area contributed by atoms with Gasteiger partial charge in [0.25, 0.3) is 11.8 Å². The molecule has 2 rings (SSSR count). The van der Waals surface area contributed by atoms with Crippen LogP contribution < -0.4 is 16.0 Å². The second-order valence-corrected chi connectivity index (χ2v) is 8.20. The smallest absolute Gasteiger partial charge is 0.267 e. The molecule has 0 unspecified atom stereocenters. The first-order valence-electron chi connectivity index (χ1n) is 7.47. The van der Waals surface area contributed by atoms with Gasteiger partial charge in [0.15, 0.2) is 0 Å². The number of hydrogen-bond donors (Lipinski definition) is 3. The second kappa shape index (κ2) is 7.34. The van der Waals surface area contributed by atoms with E-state index in [1.807, 2.05) is 13.8 Å². The Bertz CT molecular complexity index is 933.